The summed E-state index contributed by atoms with van der Waals surface area (Å²) in [7, 11) is 0. The van der Waals surface area contributed by atoms with Crippen LogP contribution in [-0.4, -0.2) is 19.9 Å². The van der Waals surface area contributed by atoms with Gasteiger partial charge in [0.1, 0.15) is 11.5 Å². The Kier molecular flexibility index (Phi) is 3.31. The second kappa shape index (κ2) is 5.14. The number of aromatic nitrogens is 1. The van der Waals surface area contributed by atoms with Crippen molar-refractivity contribution < 1.29 is 15.3 Å². The van der Waals surface area contributed by atoms with E-state index >= 15 is 0 Å². The molecule has 4 nitrogen and oxygen atoms in total. The molecule has 0 aliphatic carbocycles. The van der Waals surface area contributed by atoms with E-state index in [1.807, 2.05) is 25.1 Å². The molecule has 1 heterocycles. The number of fused-ring (bicyclic) bond motifs is 1. The Morgan fingerprint density at radius 2 is 1.62 bits per heavy atom. The van der Waals surface area contributed by atoms with E-state index in [-0.39, 0.29) is 18.1 Å². The van der Waals surface area contributed by atoms with Gasteiger partial charge < -0.3 is 19.9 Å². The predicted molar refractivity (Wildman–Crippen MR) is 82.3 cm³/mol. The van der Waals surface area contributed by atoms with Crippen molar-refractivity contribution >= 4 is 10.9 Å². The normalized spacial score (nSPS) is 11.1. The van der Waals surface area contributed by atoms with Crippen LogP contribution in [0.4, 0.5) is 0 Å². The van der Waals surface area contributed by atoms with E-state index < -0.39 is 0 Å². The van der Waals surface area contributed by atoms with Gasteiger partial charge in [-0.2, -0.15) is 0 Å². The lowest BCUT2D eigenvalue weighted by molar-refractivity contribution is 0.283. The van der Waals surface area contributed by atoms with Gasteiger partial charge >= 0.3 is 0 Å². The maximum absolute atomic E-state index is 9.79. The van der Waals surface area contributed by atoms with Gasteiger partial charge in [-0.1, -0.05) is 0 Å². The first-order valence-corrected chi connectivity index (χ1v) is 6.90. The highest BCUT2D eigenvalue weighted by Crippen LogP contribution is 2.36. The Morgan fingerprint density at radius 1 is 0.952 bits per heavy atom. The summed E-state index contributed by atoms with van der Waals surface area (Å²) in [5, 5.41) is 29.9. The number of aliphatic hydroxyl groups excluding tert-OH is 1. The van der Waals surface area contributed by atoms with Crippen LogP contribution in [0.5, 0.6) is 11.5 Å². The average molecular weight is 283 g/mol. The minimum absolute atomic E-state index is 0.0789. The Bertz CT molecular complexity index is 788. The number of nitrogens with zero attached hydrogens (tertiary/aromatic N) is 1. The summed E-state index contributed by atoms with van der Waals surface area (Å²) in [5.41, 5.74) is 3.57. The van der Waals surface area contributed by atoms with Gasteiger partial charge in [-0.3, -0.25) is 0 Å². The summed E-state index contributed by atoms with van der Waals surface area (Å²) in [6.45, 7) is 2.66. The Labute approximate surface area is 122 Å². The monoisotopic (exact) mass is 283 g/mol. The molecule has 2 aromatic carbocycles. The van der Waals surface area contributed by atoms with E-state index in [4.69, 9.17) is 0 Å². The summed E-state index contributed by atoms with van der Waals surface area (Å²) >= 11 is 0. The zero-order valence-corrected chi connectivity index (χ0v) is 11.7. The zero-order valence-electron chi connectivity index (χ0n) is 11.7. The molecule has 3 aromatic rings. The molecule has 0 saturated carbocycles. The van der Waals surface area contributed by atoms with Gasteiger partial charge in [0, 0.05) is 23.6 Å². The van der Waals surface area contributed by atoms with Gasteiger partial charge in [-0.05, 0) is 48.9 Å². The highest BCUT2D eigenvalue weighted by atomic mass is 16.3. The van der Waals surface area contributed by atoms with E-state index in [1.165, 1.54) is 0 Å². The first-order valence-electron chi connectivity index (χ1n) is 6.90. The van der Waals surface area contributed by atoms with Crippen molar-refractivity contribution in [2.45, 2.75) is 20.1 Å². The molecule has 1 aromatic heterocycles. The molecule has 0 amide bonds. The molecule has 0 bridgehead atoms. The first-order chi connectivity index (χ1) is 10.2. The third kappa shape index (κ3) is 2.14. The van der Waals surface area contributed by atoms with Crippen molar-refractivity contribution in [2.24, 2.45) is 0 Å². The second-order valence-electron chi connectivity index (χ2n) is 4.98. The van der Waals surface area contributed by atoms with E-state index in [9.17, 15) is 15.3 Å². The molecule has 0 spiro atoms. The lowest BCUT2D eigenvalue weighted by Gasteiger charge is -2.10. The van der Waals surface area contributed by atoms with E-state index in [0.29, 0.717) is 0 Å². The molecule has 0 unspecified atom stereocenters. The minimum Gasteiger partial charge on any atom is -0.508 e. The highest BCUT2D eigenvalue weighted by molar-refractivity contribution is 5.92. The summed E-state index contributed by atoms with van der Waals surface area (Å²) in [6.07, 6.45) is 0. The smallest absolute Gasteiger partial charge is 0.117 e. The standard InChI is InChI=1S/C17H17NO3/c1-2-18-16-9-13(21)7-8-14(16)15(10-19)17(18)11-3-5-12(20)6-4-11/h3-9,19-21H,2,10H2,1H3. The summed E-state index contributed by atoms with van der Waals surface area (Å²) < 4.78 is 2.06. The molecule has 0 saturated heterocycles. The number of aliphatic hydroxyl groups is 1. The van der Waals surface area contributed by atoms with Crippen molar-refractivity contribution in [3.63, 3.8) is 0 Å². The lowest BCUT2D eigenvalue weighted by atomic mass is 10.1. The Hall–Kier alpha value is -2.46. The molecule has 4 heteroatoms. The predicted octanol–water partition coefficient (Wildman–Crippen LogP) is 3.23. The summed E-state index contributed by atoms with van der Waals surface area (Å²) in [5.74, 6) is 0.414. The number of phenolic OH excluding ortho intramolecular Hbond substituents is 2. The Balaban J connectivity index is 2.37. The quantitative estimate of drug-likeness (QED) is 0.691. The molecular weight excluding hydrogens is 266 g/mol. The summed E-state index contributed by atoms with van der Waals surface area (Å²) in [4.78, 5) is 0. The van der Waals surface area contributed by atoms with Crippen LogP contribution in [0.15, 0.2) is 42.5 Å². The fourth-order valence-corrected chi connectivity index (χ4v) is 2.85. The average Bonchev–Trinajstić information content (AvgIpc) is 2.80. The SMILES string of the molecule is CCn1c(-c2ccc(O)cc2)c(CO)c2ccc(O)cc21. The molecule has 0 atom stereocenters. The second-order valence-corrected chi connectivity index (χ2v) is 4.98. The van der Waals surface area contributed by atoms with Crippen LogP contribution < -0.4 is 0 Å². The van der Waals surface area contributed by atoms with Gasteiger partial charge in [0.15, 0.2) is 0 Å². The van der Waals surface area contributed by atoms with Gasteiger partial charge in [-0.15, -0.1) is 0 Å². The maximum atomic E-state index is 9.79. The van der Waals surface area contributed by atoms with Gasteiger partial charge in [0.2, 0.25) is 0 Å². The number of aryl methyl sites for hydroxylation is 1. The molecule has 21 heavy (non-hydrogen) atoms. The molecule has 3 N–H and O–H groups in total. The van der Waals surface area contributed by atoms with Crippen molar-refractivity contribution in [1.29, 1.82) is 0 Å². The van der Waals surface area contributed by atoms with Crippen molar-refractivity contribution in [2.75, 3.05) is 0 Å². The fraction of sp³-hybridized carbons (Fsp3) is 0.176. The van der Waals surface area contributed by atoms with Crippen LogP contribution in [0.25, 0.3) is 22.2 Å². The van der Waals surface area contributed by atoms with Crippen LogP contribution in [0.1, 0.15) is 12.5 Å². The van der Waals surface area contributed by atoms with Gasteiger partial charge in [0.05, 0.1) is 17.8 Å². The van der Waals surface area contributed by atoms with E-state index in [0.717, 1.165) is 34.3 Å². The number of benzene rings is 2. The topological polar surface area (TPSA) is 65.6 Å². The van der Waals surface area contributed by atoms with Gasteiger partial charge in [0.25, 0.3) is 0 Å². The van der Waals surface area contributed by atoms with E-state index in [1.54, 1.807) is 24.3 Å². The number of aromatic hydroxyl groups is 2. The highest BCUT2D eigenvalue weighted by Gasteiger charge is 2.17. The van der Waals surface area contributed by atoms with Crippen LogP contribution in [0.3, 0.4) is 0 Å². The van der Waals surface area contributed by atoms with Crippen molar-refractivity contribution in [3.05, 3.63) is 48.0 Å². The third-order valence-corrected chi connectivity index (χ3v) is 3.77. The number of phenols is 2. The number of rotatable bonds is 3. The van der Waals surface area contributed by atoms with Crippen LogP contribution >= 0.6 is 0 Å². The zero-order chi connectivity index (χ0) is 15.0. The molecule has 108 valence electrons. The minimum atomic E-state index is -0.0789. The Morgan fingerprint density at radius 3 is 2.24 bits per heavy atom. The molecule has 3 rings (SSSR count). The van der Waals surface area contributed by atoms with Crippen molar-refractivity contribution in [1.82, 2.24) is 4.57 Å². The van der Waals surface area contributed by atoms with E-state index in [2.05, 4.69) is 4.57 Å². The first kappa shape index (κ1) is 13.5. The number of hydrogen-bond donors (Lipinski definition) is 3. The van der Waals surface area contributed by atoms with Crippen LogP contribution in [0.2, 0.25) is 0 Å². The lowest BCUT2D eigenvalue weighted by Crippen LogP contribution is -1.98. The summed E-state index contributed by atoms with van der Waals surface area (Å²) in [6, 6.07) is 12.1. The van der Waals surface area contributed by atoms with Gasteiger partial charge in [-0.25, -0.2) is 0 Å². The molecule has 0 aliphatic rings. The molecule has 0 fully saturated rings. The molecular formula is C17H17NO3. The third-order valence-electron chi connectivity index (χ3n) is 3.77. The van der Waals surface area contributed by atoms with Crippen LogP contribution in [0, 0.1) is 0 Å². The molecule has 0 radical (unpaired) electrons. The van der Waals surface area contributed by atoms with Crippen molar-refractivity contribution in [3.8, 4) is 22.8 Å². The van der Waals surface area contributed by atoms with Crippen LogP contribution in [-0.2, 0) is 13.2 Å². The molecule has 0 aliphatic heterocycles. The largest absolute Gasteiger partial charge is 0.508 e. The number of hydrogen-bond acceptors (Lipinski definition) is 3. The maximum Gasteiger partial charge on any atom is 0.117 e. The fourth-order valence-electron chi connectivity index (χ4n) is 2.85.